The number of ether oxygens (including phenoxy) is 3. The van der Waals surface area contributed by atoms with E-state index in [4.69, 9.17) is 14.2 Å². The van der Waals surface area contributed by atoms with Crippen LogP contribution in [0, 0.1) is 0 Å². The second-order valence-electron chi connectivity index (χ2n) is 6.37. The Labute approximate surface area is 144 Å². The van der Waals surface area contributed by atoms with Crippen molar-refractivity contribution in [3.05, 3.63) is 0 Å². The van der Waals surface area contributed by atoms with Crippen LogP contribution < -0.4 is 0 Å². The first-order chi connectivity index (χ1) is 11.6. The number of amides is 1. The van der Waals surface area contributed by atoms with E-state index >= 15 is 0 Å². The summed E-state index contributed by atoms with van der Waals surface area (Å²) in [5.74, 6) is -0.184. The molecule has 0 aliphatic carbocycles. The van der Waals surface area contributed by atoms with Crippen LogP contribution >= 0.6 is 0 Å². The molecule has 2 rings (SSSR count). The Morgan fingerprint density at radius 2 is 2.04 bits per heavy atom. The van der Waals surface area contributed by atoms with Crippen molar-refractivity contribution in [2.24, 2.45) is 0 Å². The molecule has 2 aliphatic rings. The van der Waals surface area contributed by atoms with Gasteiger partial charge in [-0.2, -0.15) is 0 Å². The summed E-state index contributed by atoms with van der Waals surface area (Å²) in [6.45, 7) is 8.37. The number of carbonyl (C=O) groups excluding carboxylic acids is 2. The minimum absolute atomic E-state index is 0.0194. The first kappa shape index (κ1) is 19.1. The van der Waals surface area contributed by atoms with Crippen LogP contribution in [0.25, 0.3) is 0 Å². The molecule has 2 atom stereocenters. The van der Waals surface area contributed by atoms with Crippen LogP contribution in [0.3, 0.4) is 0 Å². The van der Waals surface area contributed by atoms with Crippen molar-refractivity contribution in [1.82, 2.24) is 9.80 Å². The summed E-state index contributed by atoms with van der Waals surface area (Å²) in [7, 11) is 0. The summed E-state index contributed by atoms with van der Waals surface area (Å²) >= 11 is 0. The summed E-state index contributed by atoms with van der Waals surface area (Å²) in [4.78, 5) is 28.0. The maximum absolute atomic E-state index is 12.5. The van der Waals surface area contributed by atoms with Crippen LogP contribution in [0.4, 0.5) is 0 Å². The Balaban J connectivity index is 1.72. The van der Waals surface area contributed by atoms with Crippen LogP contribution in [0.15, 0.2) is 0 Å². The quantitative estimate of drug-likeness (QED) is 0.634. The predicted octanol–water partition coefficient (Wildman–Crippen LogP) is 0.668. The van der Waals surface area contributed by atoms with E-state index in [0.717, 1.165) is 32.4 Å². The number of rotatable bonds is 7. The van der Waals surface area contributed by atoms with Gasteiger partial charge in [0.15, 0.2) is 0 Å². The van der Waals surface area contributed by atoms with Gasteiger partial charge in [0.05, 0.1) is 25.9 Å². The highest BCUT2D eigenvalue weighted by Gasteiger charge is 2.26. The molecule has 0 aromatic heterocycles. The molecule has 2 saturated heterocycles. The van der Waals surface area contributed by atoms with Gasteiger partial charge in [-0.05, 0) is 33.1 Å². The standard InChI is InChI=1S/C17H30N2O5/c1-3-22-16(20)12-18-7-5-8-19(10-9-18)17(21)14(2)24-13-15-6-4-11-23-15/h14-15H,3-13H2,1-2H3. The van der Waals surface area contributed by atoms with E-state index in [0.29, 0.717) is 39.4 Å². The topological polar surface area (TPSA) is 68.3 Å². The molecule has 0 aromatic rings. The smallest absolute Gasteiger partial charge is 0.320 e. The monoisotopic (exact) mass is 342 g/mol. The van der Waals surface area contributed by atoms with Gasteiger partial charge in [-0.25, -0.2) is 0 Å². The molecule has 2 unspecified atom stereocenters. The molecule has 0 saturated carbocycles. The number of hydrogen-bond acceptors (Lipinski definition) is 6. The molecule has 0 aromatic carbocycles. The second kappa shape index (κ2) is 9.96. The van der Waals surface area contributed by atoms with Crippen molar-refractivity contribution < 1.29 is 23.8 Å². The van der Waals surface area contributed by atoms with E-state index < -0.39 is 6.10 Å². The van der Waals surface area contributed by atoms with Crippen molar-refractivity contribution in [1.29, 1.82) is 0 Å². The molecule has 138 valence electrons. The Hall–Kier alpha value is -1.18. The SMILES string of the molecule is CCOC(=O)CN1CCCN(C(=O)C(C)OCC2CCCO2)CC1. The van der Waals surface area contributed by atoms with Gasteiger partial charge in [-0.3, -0.25) is 14.5 Å². The third-order valence-electron chi connectivity index (χ3n) is 4.46. The third-order valence-corrected chi connectivity index (χ3v) is 4.46. The van der Waals surface area contributed by atoms with Crippen molar-refractivity contribution in [3.63, 3.8) is 0 Å². The van der Waals surface area contributed by atoms with E-state index in [1.165, 1.54) is 0 Å². The van der Waals surface area contributed by atoms with E-state index in [9.17, 15) is 9.59 Å². The number of nitrogens with zero attached hydrogens (tertiary/aromatic N) is 2. The Kier molecular flexibility index (Phi) is 7.94. The first-order valence-corrected chi connectivity index (χ1v) is 9.00. The first-order valence-electron chi connectivity index (χ1n) is 9.00. The average molecular weight is 342 g/mol. The Bertz CT molecular complexity index is 412. The minimum atomic E-state index is -0.453. The van der Waals surface area contributed by atoms with Gasteiger partial charge in [0.25, 0.3) is 5.91 Å². The third kappa shape index (κ3) is 6.03. The molecule has 24 heavy (non-hydrogen) atoms. The van der Waals surface area contributed by atoms with Gasteiger partial charge in [-0.15, -0.1) is 0 Å². The summed E-state index contributed by atoms with van der Waals surface area (Å²) < 4.78 is 16.2. The van der Waals surface area contributed by atoms with Crippen LogP contribution in [-0.4, -0.2) is 86.4 Å². The molecule has 0 radical (unpaired) electrons. The molecule has 2 fully saturated rings. The van der Waals surface area contributed by atoms with Gasteiger partial charge < -0.3 is 19.1 Å². The van der Waals surface area contributed by atoms with Crippen LogP contribution in [-0.2, 0) is 23.8 Å². The lowest BCUT2D eigenvalue weighted by Crippen LogP contribution is -2.42. The van der Waals surface area contributed by atoms with E-state index in [2.05, 4.69) is 0 Å². The van der Waals surface area contributed by atoms with Crippen molar-refractivity contribution in [2.45, 2.75) is 45.3 Å². The molecule has 0 spiro atoms. The van der Waals surface area contributed by atoms with E-state index in [1.807, 2.05) is 9.80 Å². The van der Waals surface area contributed by atoms with Crippen molar-refractivity contribution in [2.75, 3.05) is 52.5 Å². The zero-order valence-corrected chi connectivity index (χ0v) is 14.9. The lowest BCUT2D eigenvalue weighted by Gasteiger charge is -2.25. The Morgan fingerprint density at radius 1 is 1.21 bits per heavy atom. The predicted molar refractivity (Wildman–Crippen MR) is 88.7 cm³/mol. The number of hydrogen-bond donors (Lipinski definition) is 0. The summed E-state index contributed by atoms with van der Waals surface area (Å²) in [5, 5.41) is 0. The maximum atomic E-state index is 12.5. The van der Waals surface area contributed by atoms with Crippen molar-refractivity contribution >= 4 is 11.9 Å². The van der Waals surface area contributed by atoms with Gasteiger partial charge in [0.1, 0.15) is 6.10 Å². The minimum Gasteiger partial charge on any atom is -0.465 e. The molecule has 7 nitrogen and oxygen atoms in total. The normalized spacial score (nSPS) is 23.8. The molecule has 7 heteroatoms. The van der Waals surface area contributed by atoms with E-state index in [-0.39, 0.29) is 18.0 Å². The fraction of sp³-hybridized carbons (Fsp3) is 0.882. The van der Waals surface area contributed by atoms with Crippen LogP contribution in [0.1, 0.15) is 33.1 Å². The van der Waals surface area contributed by atoms with Crippen LogP contribution in [0.5, 0.6) is 0 Å². The Morgan fingerprint density at radius 3 is 2.75 bits per heavy atom. The summed E-state index contributed by atoms with van der Waals surface area (Å²) in [5.41, 5.74) is 0. The lowest BCUT2D eigenvalue weighted by molar-refractivity contribution is -0.144. The largest absolute Gasteiger partial charge is 0.465 e. The highest BCUT2D eigenvalue weighted by Crippen LogP contribution is 2.14. The van der Waals surface area contributed by atoms with Gasteiger partial charge in [0.2, 0.25) is 0 Å². The fourth-order valence-electron chi connectivity index (χ4n) is 3.09. The highest BCUT2D eigenvalue weighted by atomic mass is 16.5. The van der Waals surface area contributed by atoms with E-state index in [1.54, 1.807) is 13.8 Å². The fourth-order valence-corrected chi connectivity index (χ4v) is 3.09. The molecule has 2 heterocycles. The number of esters is 1. The summed E-state index contributed by atoms with van der Waals surface area (Å²) in [6.07, 6.45) is 2.60. The molecule has 0 bridgehead atoms. The van der Waals surface area contributed by atoms with Gasteiger partial charge >= 0.3 is 5.97 Å². The highest BCUT2D eigenvalue weighted by molar-refractivity contribution is 5.80. The zero-order chi connectivity index (χ0) is 17.4. The number of carbonyl (C=O) groups is 2. The maximum Gasteiger partial charge on any atom is 0.320 e. The molecule has 0 N–H and O–H groups in total. The van der Waals surface area contributed by atoms with Gasteiger partial charge in [-0.1, -0.05) is 0 Å². The average Bonchev–Trinajstić information content (AvgIpc) is 2.98. The molecular formula is C17H30N2O5. The second-order valence-corrected chi connectivity index (χ2v) is 6.37. The molecule has 2 aliphatic heterocycles. The molecule has 1 amide bonds. The zero-order valence-electron chi connectivity index (χ0n) is 14.9. The lowest BCUT2D eigenvalue weighted by atomic mass is 10.2. The van der Waals surface area contributed by atoms with Crippen LogP contribution in [0.2, 0.25) is 0 Å². The summed E-state index contributed by atoms with van der Waals surface area (Å²) in [6, 6.07) is 0. The van der Waals surface area contributed by atoms with Gasteiger partial charge in [0, 0.05) is 32.8 Å². The van der Waals surface area contributed by atoms with Crippen molar-refractivity contribution in [3.8, 4) is 0 Å². The molecular weight excluding hydrogens is 312 g/mol.